The molecule has 17 heavy (non-hydrogen) atoms. The van der Waals surface area contributed by atoms with E-state index in [1.165, 1.54) is 0 Å². The molecule has 0 saturated heterocycles. The number of carbonyl (C=O) groups is 3. The molecule has 7 heteroatoms. The third-order valence-electron chi connectivity index (χ3n) is 2.64. The number of carboxylic acids is 1. The van der Waals surface area contributed by atoms with Crippen molar-refractivity contribution >= 4 is 17.9 Å². The largest absolute Gasteiger partial charge is 0.480 e. The highest BCUT2D eigenvalue weighted by atomic mass is 16.4. The molecule has 1 aliphatic carbocycles. The van der Waals surface area contributed by atoms with Gasteiger partial charge in [0.1, 0.15) is 13.1 Å². The number of carbonyl (C=O) groups excluding carboxylic acids is 2. The number of nitrogens with two attached hydrogens (primary N) is 1. The van der Waals surface area contributed by atoms with Crippen LogP contribution in [0.5, 0.6) is 0 Å². The summed E-state index contributed by atoms with van der Waals surface area (Å²) in [6.45, 7) is 0.931. The number of rotatable bonds is 6. The van der Waals surface area contributed by atoms with Crippen LogP contribution < -0.4 is 11.1 Å². The van der Waals surface area contributed by atoms with Crippen LogP contribution in [0.25, 0.3) is 0 Å². The van der Waals surface area contributed by atoms with E-state index in [-0.39, 0.29) is 6.04 Å². The number of amides is 3. The second kappa shape index (κ2) is 5.51. The molecule has 0 bridgehead atoms. The van der Waals surface area contributed by atoms with Gasteiger partial charge in [-0.05, 0) is 25.7 Å². The molecular weight excluding hydrogens is 226 g/mol. The molecule has 0 aromatic heterocycles. The van der Waals surface area contributed by atoms with E-state index in [9.17, 15) is 14.4 Å². The molecule has 0 spiro atoms. The summed E-state index contributed by atoms with van der Waals surface area (Å²) in [5.74, 6) is -1.46. The monoisotopic (exact) mass is 243 g/mol. The Kier molecular flexibility index (Phi) is 4.30. The van der Waals surface area contributed by atoms with Crippen molar-refractivity contribution in [2.24, 2.45) is 11.7 Å². The minimum Gasteiger partial charge on any atom is -0.480 e. The molecule has 0 radical (unpaired) electrons. The van der Waals surface area contributed by atoms with Crippen molar-refractivity contribution in [1.82, 2.24) is 10.2 Å². The van der Waals surface area contributed by atoms with Crippen molar-refractivity contribution in [3.8, 4) is 0 Å². The lowest BCUT2D eigenvalue weighted by atomic mass is 10.2. The Balaban J connectivity index is 2.51. The molecule has 1 unspecified atom stereocenters. The molecule has 96 valence electrons. The number of nitrogens with zero attached hydrogens (tertiary/aromatic N) is 1. The van der Waals surface area contributed by atoms with E-state index in [1.54, 1.807) is 0 Å². The maximum atomic E-state index is 11.7. The van der Waals surface area contributed by atoms with Crippen LogP contribution in [0.2, 0.25) is 0 Å². The van der Waals surface area contributed by atoms with Gasteiger partial charge in [-0.3, -0.25) is 9.59 Å². The first-order chi connectivity index (χ1) is 7.90. The van der Waals surface area contributed by atoms with Crippen molar-refractivity contribution in [1.29, 1.82) is 0 Å². The van der Waals surface area contributed by atoms with E-state index in [0.717, 1.165) is 17.7 Å². The van der Waals surface area contributed by atoms with Gasteiger partial charge in [0.15, 0.2) is 0 Å². The highest BCUT2D eigenvalue weighted by Gasteiger charge is 2.30. The molecule has 1 atom stereocenters. The van der Waals surface area contributed by atoms with Crippen molar-refractivity contribution in [3.63, 3.8) is 0 Å². The van der Waals surface area contributed by atoms with Crippen molar-refractivity contribution < 1.29 is 19.5 Å². The summed E-state index contributed by atoms with van der Waals surface area (Å²) in [4.78, 5) is 33.9. The minimum atomic E-state index is -1.18. The number of hydrogen-bond donors (Lipinski definition) is 3. The first kappa shape index (κ1) is 13.3. The SMILES string of the molecule is CC(NC(=O)N(CC(N)=O)CC(=O)O)C1CC1. The topological polar surface area (TPSA) is 113 Å². The fourth-order valence-corrected chi connectivity index (χ4v) is 1.55. The average Bonchev–Trinajstić information content (AvgIpc) is 2.97. The van der Waals surface area contributed by atoms with Crippen LogP contribution in [0.1, 0.15) is 19.8 Å². The van der Waals surface area contributed by atoms with E-state index < -0.39 is 31.0 Å². The highest BCUT2D eigenvalue weighted by molar-refractivity contribution is 5.86. The number of urea groups is 1. The first-order valence-electron chi connectivity index (χ1n) is 5.45. The maximum Gasteiger partial charge on any atom is 0.323 e. The lowest BCUT2D eigenvalue weighted by Crippen LogP contribution is -2.49. The van der Waals surface area contributed by atoms with Gasteiger partial charge in [0.05, 0.1) is 0 Å². The van der Waals surface area contributed by atoms with Crippen LogP contribution in [-0.4, -0.2) is 47.0 Å². The molecule has 4 N–H and O–H groups in total. The second-order valence-electron chi connectivity index (χ2n) is 4.29. The molecule has 1 aliphatic rings. The van der Waals surface area contributed by atoms with Gasteiger partial charge < -0.3 is 21.1 Å². The summed E-state index contributed by atoms with van der Waals surface area (Å²) in [6, 6.07) is -0.572. The zero-order valence-corrected chi connectivity index (χ0v) is 9.68. The van der Waals surface area contributed by atoms with Crippen LogP contribution in [0.4, 0.5) is 4.79 Å². The van der Waals surface area contributed by atoms with Crippen molar-refractivity contribution in [2.45, 2.75) is 25.8 Å². The zero-order chi connectivity index (χ0) is 13.0. The van der Waals surface area contributed by atoms with Gasteiger partial charge in [-0.1, -0.05) is 0 Å². The van der Waals surface area contributed by atoms with Gasteiger partial charge in [-0.15, -0.1) is 0 Å². The summed E-state index contributed by atoms with van der Waals surface area (Å²) >= 11 is 0. The van der Waals surface area contributed by atoms with Crippen molar-refractivity contribution in [3.05, 3.63) is 0 Å². The Labute approximate surface area is 98.9 Å². The van der Waals surface area contributed by atoms with Gasteiger partial charge in [-0.25, -0.2) is 4.79 Å². The lowest BCUT2D eigenvalue weighted by Gasteiger charge is -2.22. The molecule has 1 rings (SSSR count). The van der Waals surface area contributed by atoms with E-state index in [2.05, 4.69) is 5.32 Å². The Morgan fingerprint density at radius 2 is 2.00 bits per heavy atom. The molecule has 1 fully saturated rings. The Bertz CT molecular complexity index is 312. The summed E-state index contributed by atoms with van der Waals surface area (Å²) in [5, 5.41) is 11.3. The van der Waals surface area contributed by atoms with Crippen molar-refractivity contribution in [2.75, 3.05) is 13.1 Å². The minimum absolute atomic E-state index is 0.00771. The number of nitrogens with one attached hydrogen (secondary N) is 1. The average molecular weight is 243 g/mol. The molecule has 0 aromatic rings. The fourth-order valence-electron chi connectivity index (χ4n) is 1.55. The Morgan fingerprint density at radius 3 is 2.41 bits per heavy atom. The quantitative estimate of drug-likeness (QED) is 0.576. The molecular formula is C10H17N3O4. The third kappa shape index (κ3) is 4.71. The molecule has 0 aliphatic heterocycles. The zero-order valence-electron chi connectivity index (χ0n) is 9.68. The summed E-state index contributed by atoms with van der Waals surface area (Å²) in [5.41, 5.74) is 4.96. The van der Waals surface area contributed by atoms with E-state index >= 15 is 0 Å². The Morgan fingerprint density at radius 1 is 1.41 bits per heavy atom. The van der Waals surface area contributed by atoms with Crippen LogP contribution in [0.3, 0.4) is 0 Å². The summed E-state index contributed by atoms with van der Waals surface area (Å²) in [7, 11) is 0. The lowest BCUT2D eigenvalue weighted by molar-refractivity contribution is -0.137. The maximum absolute atomic E-state index is 11.7. The molecule has 0 heterocycles. The summed E-state index contributed by atoms with van der Waals surface area (Å²) < 4.78 is 0. The van der Waals surface area contributed by atoms with Crippen LogP contribution >= 0.6 is 0 Å². The predicted octanol–water partition coefficient (Wildman–Crippen LogP) is -0.634. The molecule has 7 nitrogen and oxygen atoms in total. The normalized spacial score (nSPS) is 16.1. The fraction of sp³-hybridized carbons (Fsp3) is 0.700. The number of primary amides is 1. The van der Waals surface area contributed by atoms with Crippen LogP contribution in [0.15, 0.2) is 0 Å². The second-order valence-corrected chi connectivity index (χ2v) is 4.29. The van der Waals surface area contributed by atoms with Gasteiger partial charge in [0.25, 0.3) is 0 Å². The molecule has 3 amide bonds. The van der Waals surface area contributed by atoms with E-state index in [1.807, 2.05) is 6.92 Å². The summed E-state index contributed by atoms with van der Waals surface area (Å²) in [6.07, 6.45) is 2.13. The predicted molar refractivity (Wildman–Crippen MR) is 59.1 cm³/mol. The number of hydrogen-bond acceptors (Lipinski definition) is 3. The Hall–Kier alpha value is -1.79. The number of carboxylic acid groups (broad SMARTS) is 1. The van der Waals surface area contributed by atoms with Gasteiger partial charge in [0.2, 0.25) is 5.91 Å². The molecule has 1 saturated carbocycles. The van der Waals surface area contributed by atoms with Crippen LogP contribution in [0, 0.1) is 5.92 Å². The standard InChI is InChI=1S/C10H17N3O4/c1-6(7-2-3-7)12-10(17)13(4-8(11)14)5-9(15)16/h6-7H,2-5H2,1H3,(H2,11,14)(H,12,17)(H,15,16). The third-order valence-corrected chi connectivity index (χ3v) is 2.64. The van der Waals surface area contributed by atoms with Gasteiger partial charge in [0, 0.05) is 6.04 Å². The number of aliphatic carboxylic acids is 1. The van der Waals surface area contributed by atoms with Crippen LogP contribution in [-0.2, 0) is 9.59 Å². The first-order valence-corrected chi connectivity index (χ1v) is 5.45. The van der Waals surface area contributed by atoms with Gasteiger partial charge in [-0.2, -0.15) is 0 Å². The van der Waals surface area contributed by atoms with E-state index in [0.29, 0.717) is 5.92 Å². The van der Waals surface area contributed by atoms with E-state index in [4.69, 9.17) is 10.8 Å². The molecule has 0 aromatic carbocycles. The smallest absolute Gasteiger partial charge is 0.323 e. The van der Waals surface area contributed by atoms with Gasteiger partial charge >= 0.3 is 12.0 Å². The highest BCUT2D eigenvalue weighted by Crippen LogP contribution is 2.32.